The van der Waals surface area contributed by atoms with Gasteiger partial charge >= 0.3 is 0 Å². The number of hydrogen-bond donors (Lipinski definition) is 0. The van der Waals surface area contributed by atoms with Gasteiger partial charge in [0, 0.05) is 57.2 Å². The Labute approximate surface area is 192 Å². The average Bonchev–Trinajstić information content (AvgIpc) is 3.51. The Balaban J connectivity index is 1.18. The Morgan fingerprint density at radius 2 is 1.73 bits per heavy atom. The first-order valence-corrected chi connectivity index (χ1v) is 11.2. The van der Waals surface area contributed by atoms with Gasteiger partial charge in [-0.05, 0) is 55.3 Å². The molecule has 2 aliphatic heterocycles. The third-order valence-electron chi connectivity index (χ3n) is 6.57. The molecule has 0 saturated carbocycles. The van der Waals surface area contributed by atoms with Crippen molar-refractivity contribution in [1.29, 1.82) is 0 Å². The van der Waals surface area contributed by atoms with Crippen LogP contribution in [0.4, 0.5) is 11.5 Å². The lowest BCUT2D eigenvalue weighted by Crippen LogP contribution is -2.51. The minimum Gasteiger partial charge on any atom is -0.352 e. The molecule has 33 heavy (non-hydrogen) atoms. The molecule has 2 aromatic heterocycles. The van der Waals surface area contributed by atoms with Gasteiger partial charge in [-0.15, -0.1) is 10.2 Å². The first-order chi connectivity index (χ1) is 16.0. The lowest BCUT2D eigenvalue weighted by atomic mass is 10.1. The zero-order valence-corrected chi connectivity index (χ0v) is 18.9. The predicted molar refractivity (Wildman–Crippen MR) is 124 cm³/mol. The molecule has 2 saturated heterocycles. The van der Waals surface area contributed by atoms with Crippen molar-refractivity contribution < 1.29 is 9.59 Å². The zero-order chi connectivity index (χ0) is 22.9. The number of nitrogens with zero attached hydrogens (tertiary/aromatic N) is 7. The van der Waals surface area contributed by atoms with E-state index in [1.807, 2.05) is 54.4 Å². The van der Waals surface area contributed by atoms with Crippen molar-refractivity contribution in [2.45, 2.75) is 20.3 Å². The number of rotatable bonds is 4. The van der Waals surface area contributed by atoms with E-state index < -0.39 is 0 Å². The predicted octanol–water partition coefficient (Wildman–Crippen LogP) is 1.98. The van der Waals surface area contributed by atoms with Crippen LogP contribution >= 0.6 is 0 Å². The van der Waals surface area contributed by atoms with Gasteiger partial charge in [0.25, 0.3) is 0 Å². The standard InChI is InChI=1S/C24H27N7O2/c1-17-4-5-20(14-18(17)2)30-16-19(15-23(30)32)24(33)29-12-10-28(11-13-29)21-6-7-22(27-26-21)31-9-3-8-25-31/h3-9,14,19H,10-13,15-16H2,1-2H3. The van der Waals surface area contributed by atoms with Gasteiger partial charge in [-0.2, -0.15) is 5.10 Å². The molecular formula is C24H27N7O2. The lowest BCUT2D eigenvalue weighted by molar-refractivity contribution is -0.136. The molecule has 0 N–H and O–H groups in total. The molecule has 1 unspecified atom stereocenters. The molecule has 0 aliphatic carbocycles. The number of aromatic nitrogens is 4. The third-order valence-corrected chi connectivity index (χ3v) is 6.57. The van der Waals surface area contributed by atoms with Crippen LogP contribution in [0.25, 0.3) is 5.82 Å². The van der Waals surface area contributed by atoms with Gasteiger partial charge in [0.05, 0.1) is 5.92 Å². The fourth-order valence-corrected chi connectivity index (χ4v) is 4.44. The van der Waals surface area contributed by atoms with Gasteiger partial charge in [0.2, 0.25) is 11.8 Å². The number of benzene rings is 1. The number of piperazine rings is 1. The van der Waals surface area contributed by atoms with Crippen LogP contribution in [0.2, 0.25) is 0 Å². The van der Waals surface area contributed by atoms with Crippen molar-refractivity contribution in [2.75, 3.05) is 42.5 Å². The largest absolute Gasteiger partial charge is 0.352 e. The Hall–Kier alpha value is -3.75. The summed E-state index contributed by atoms with van der Waals surface area (Å²) in [6.07, 6.45) is 3.79. The van der Waals surface area contributed by atoms with E-state index in [9.17, 15) is 9.59 Å². The summed E-state index contributed by atoms with van der Waals surface area (Å²) < 4.78 is 1.66. The van der Waals surface area contributed by atoms with Crippen LogP contribution in [-0.2, 0) is 9.59 Å². The molecule has 9 nitrogen and oxygen atoms in total. The van der Waals surface area contributed by atoms with Crippen molar-refractivity contribution in [3.05, 3.63) is 59.9 Å². The smallest absolute Gasteiger partial charge is 0.228 e. The number of hydrogen-bond acceptors (Lipinski definition) is 6. The second-order valence-corrected chi connectivity index (χ2v) is 8.69. The summed E-state index contributed by atoms with van der Waals surface area (Å²) in [6, 6.07) is 11.7. The minimum atomic E-state index is -0.293. The van der Waals surface area contributed by atoms with Gasteiger partial charge in [-0.25, -0.2) is 4.68 Å². The molecule has 2 amide bonds. The van der Waals surface area contributed by atoms with Crippen LogP contribution in [0.5, 0.6) is 0 Å². The highest BCUT2D eigenvalue weighted by Crippen LogP contribution is 2.28. The maximum atomic E-state index is 13.2. The van der Waals surface area contributed by atoms with E-state index in [2.05, 4.69) is 27.1 Å². The van der Waals surface area contributed by atoms with Crippen molar-refractivity contribution in [3.63, 3.8) is 0 Å². The van der Waals surface area contributed by atoms with Gasteiger partial charge in [0.15, 0.2) is 11.6 Å². The Bertz CT molecular complexity index is 1150. The molecule has 3 aromatic rings. The Kier molecular flexibility index (Phi) is 5.53. The molecule has 4 heterocycles. The van der Waals surface area contributed by atoms with Gasteiger partial charge in [-0.3, -0.25) is 9.59 Å². The molecule has 2 aliphatic rings. The molecule has 1 atom stereocenters. The zero-order valence-electron chi connectivity index (χ0n) is 18.9. The molecule has 0 spiro atoms. The fraction of sp³-hybridized carbons (Fsp3) is 0.375. The number of anilines is 2. The molecular weight excluding hydrogens is 418 g/mol. The van der Waals surface area contributed by atoms with Crippen molar-refractivity contribution in [2.24, 2.45) is 5.92 Å². The van der Waals surface area contributed by atoms with E-state index in [0.29, 0.717) is 38.5 Å². The highest BCUT2D eigenvalue weighted by Gasteiger charge is 2.38. The molecule has 2 fully saturated rings. The van der Waals surface area contributed by atoms with Crippen LogP contribution in [0.15, 0.2) is 48.8 Å². The highest BCUT2D eigenvalue weighted by molar-refractivity contribution is 6.00. The minimum absolute atomic E-state index is 0.0165. The van der Waals surface area contributed by atoms with Gasteiger partial charge in [0.1, 0.15) is 0 Å². The average molecular weight is 446 g/mol. The summed E-state index contributed by atoms with van der Waals surface area (Å²) in [5.41, 5.74) is 3.21. The third kappa shape index (κ3) is 4.18. The summed E-state index contributed by atoms with van der Waals surface area (Å²) in [4.78, 5) is 31.6. The first-order valence-electron chi connectivity index (χ1n) is 11.2. The summed E-state index contributed by atoms with van der Waals surface area (Å²) in [6.45, 7) is 7.12. The van der Waals surface area contributed by atoms with E-state index >= 15 is 0 Å². The van der Waals surface area contributed by atoms with Crippen molar-refractivity contribution in [3.8, 4) is 5.82 Å². The molecule has 9 heteroatoms. The molecule has 1 aromatic carbocycles. The number of aryl methyl sites for hydroxylation is 2. The first kappa shape index (κ1) is 21.1. The van der Waals surface area contributed by atoms with Crippen LogP contribution in [0.3, 0.4) is 0 Å². The summed E-state index contributed by atoms with van der Waals surface area (Å²) in [5.74, 6) is 1.24. The van der Waals surface area contributed by atoms with Crippen LogP contribution in [0.1, 0.15) is 17.5 Å². The SMILES string of the molecule is Cc1ccc(N2CC(C(=O)N3CCN(c4ccc(-n5cccn5)nn4)CC3)CC2=O)cc1C. The molecule has 5 rings (SSSR count). The van der Waals surface area contributed by atoms with Crippen LogP contribution < -0.4 is 9.80 Å². The quantitative estimate of drug-likeness (QED) is 0.610. The van der Waals surface area contributed by atoms with E-state index in [4.69, 9.17) is 0 Å². The van der Waals surface area contributed by atoms with E-state index in [1.54, 1.807) is 15.8 Å². The Morgan fingerprint density at radius 3 is 2.39 bits per heavy atom. The second-order valence-electron chi connectivity index (χ2n) is 8.69. The molecule has 0 radical (unpaired) electrons. The normalized spacial score (nSPS) is 18.8. The second kappa shape index (κ2) is 8.65. The summed E-state index contributed by atoms with van der Waals surface area (Å²) in [5, 5.41) is 12.8. The maximum absolute atomic E-state index is 13.2. The van der Waals surface area contributed by atoms with E-state index in [1.165, 1.54) is 5.56 Å². The molecule has 0 bridgehead atoms. The van der Waals surface area contributed by atoms with E-state index in [-0.39, 0.29) is 24.2 Å². The van der Waals surface area contributed by atoms with Crippen LogP contribution in [-0.4, -0.2) is 69.4 Å². The maximum Gasteiger partial charge on any atom is 0.228 e. The van der Waals surface area contributed by atoms with Gasteiger partial charge < -0.3 is 14.7 Å². The molecule has 170 valence electrons. The topological polar surface area (TPSA) is 87.5 Å². The van der Waals surface area contributed by atoms with Crippen molar-refractivity contribution in [1.82, 2.24) is 24.9 Å². The van der Waals surface area contributed by atoms with E-state index in [0.717, 1.165) is 17.1 Å². The van der Waals surface area contributed by atoms with Gasteiger partial charge in [-0.1, -0.05) is 6.07 Å². The summed E-state index contributed by atoms with van der Waals surface area (Å²) >= 11 is 0. The monoisotopic (exact) mass is 445 g/mol. The Morgan fingerprint density at radius 1 is 0.970 bits per heavy atom. The van der Waals surface area contributed by atoms with Crippen molar-refractivity contribution >= 4 is 23.3 Å². The number of carbonyl (C=O) groups is 2. The van der Waals surface area contributed by atoms with Crippen LogP contribution in [0, 0.1) is 19.8 Å². The summed E-state index contributed by atoms with van der Waals surface area (Å²) in [7, 11) is 0. The number of carbonyl (C=O) groups excluding carboxylic acids is 2. The lowest BCUT2D eigenvalue weighted by Gasteiger charge is -2.36. The number of amides is 2. The highest BCUT2D eigenvalue weighted by atomic mass is 16.2. The fourth-order valence-electron chi connectivity index (χ4n) is 4.44.